The van der Waals surface area contributed by atoms with Gasteiger partial charge in [0.25, 0.3) is 0 Å². The minimum absolute atomic E-state index is 0.198. The maximum Gasteiger partial charge on any atom is 0.302 e. The van der Waals surface area contributed by atoms with E-state index in [1.807, 2.05) is 6.92 Å². The van der Waals surface area contributed by atoms with Crippen molar-refractivity contribution in [3.63, 3.8) is 0 Å². The van der Waals surface area contributed by atoms with Gasteiger partial charge in [0.1, 0.15) is 12.4 Å². The number of carbonyl (C=O) groups is 2. The number of aldehydes is 1. The first-order valence-corrected chi connectivity index (χ1v) is 5.28. The highest BCUT2D eigenvalue weighted by Crippen LogP contribution is 2.39. The molecule has 0 aromatic heterocycles. The minimum Gasteiger partial charge on any atom is -0.462 e. The minimum atomic E-state index is -0.413. The molecule has 0 aliphatic heterocycles. The van der Waals surface area contributed by atoms with Gasteiger partial charge in [0, 0.05) is 6.92 Å². The summed E-state index contributed by atoms with van der Waals surface area (Å²) in [4.78, 5) is 22.0. The summed E-state index contributed by atoms with van der Waals surface area (Å²) in [6.45, 7) is 3.38. The summed E-state index contributed by atoms with van der Waals surface area (Å²) in [6.07, 6.45) is 5.33. The van der Waals surface area contributed by atoms with Crippen LogP contribution in [0.3, 0.4) is 0 Å². The van der Waals surface area contributed by atoms with Crippen LogP contribution in [-0.2, 0) is 14.3 Å². The van der Waals surface area contributed by atoms with Crippen LogP contribution in [0.4, 0.5) is 0 Å². The summed E-state index contributed by atoms with van der Waals surface area (Å²) in [5, 5.41) is 0. The number of esters is 1. The Hall–Kier alpha value is -0.860. The van der Waals surface area contributed by atoms with Gasteiger partial charge in [-0.1, -0.05) is 13.3 Å². The Bertz CT molecular complexity index is 225. The lowest BCUT2D eigenvalue weighted by atomic mass is 9.71. The number of hydrogen-bond donors (Lipinski definition) is 0. The molecule has 1 aliphatic rings. The van der Waals surface area contributed by atoms with Gasteiger partial charge in [-0.15, -0.1) is 0 Å². The van der Waals surface area contributed by atoms with E-state index in [1.54, 1.807) is 0 Å². The van der Waals surface area contributed by atoms with Crippen LogP contribution in [0.25, 0.3) is 0 Å². The molecular formula is C11H18O3. The molecular weight excluding hydrogens is 180 g/mol. The number of rotatable bonds is 3. The molecule has 1 rings (SSSR count). The predicted octanol–water partition coefficient (Wildman–Crippen LogP) is 2.09. The maximum atomic E-state index is 11.1. The van der Waals surface area contributed by atoms with Crippen LogP contribution < -0.4 is 0 Å². The third-order valence-corrected chi connectivity index (χ3v) is 3.20. The van der Waals surface area contributed by atoms with Crippen molar-refractivity contribution in [2.24, 2.45) is 5.41 Å². The molecule has 0 bridgehead atoms. The van der Waals surface area contributed by atoms with Crippen LogP contribution >= 0.6 is 0 Å². The average Bonchev–Trinajstić information content (AvgIpc) is 2.18. The van der Waals surface area contributed by atoms with Gasteiger partial charge in [-0.25, -0.2) is 0 Å². The van der Waals surface area contributed by atoms with Gasteiger partial charge in [-0.3, -0.25) is 4.79 Å². The molecule has 1 saturated carbocycles. The molecule has 2 unspecified atom stereocenters. The average molecular weight is 198 g/mol. The molecule has 0 N–H and O–H groups in total. The Balaban J connectivity index is 2.76. The Labute approximate surface area is 84.8 Å². The second kappa shape index (κ2) is 4.58. The van der Waals surface area contributed by atoms with Crippen LogP contribution in [0.5, 0.6) is 0 Å². The van der Waals surface area contributed by atoms with Crippen LogP contribution in [0.1, 0.15) is 46.0 Å². The first-order chi connectivity index (χ1) is 6.64. The van der Waals surface area contributed by atoms with Crippen molar-refractivity contribution in [3.8, 4) is 0 Å². The van der Waals surface area contributed by atoms with E-state index in [1.165, 1.54) is 6.92 Å². The summed E-state index contributed by atoms with van der Waals surface area (Å²) >= 11 is 0. The number of ether oxygens (including phenoxy) is 1. The van der Waals surface area contributed by atoms with E-state index in [0.29, 0.717) is 0 Å². The molecule has 0 radical (unpaired) electrons. The molecule has 14 heavy (non-hydrogen) atoms. The summed E-state index contributed by atoms with van der Waals surface area (Å²) in [5.41, 5.74) is -0.413. The SMILES string of the molecule is CCC1(C=O)CCCCC1OC(C)=O. The second-order valence-electron chi connectivity index (χ2n) is 4.05. The predicted molar refractivity (Wildman–Crippen MR) is 52.8 cm³/mol. The molecule has 1 aliphatic carbocycles. The Morgan fingerprint density at radius 1 is 1.57 bits per heavy atom. The van der Waals surface area contributed by atoms with Crippen molar-refractivity contribution in [1.29, 1.82) is 0 Å². The van der Waals surface area contributed by atoms with Gasteiger partial charge < -0.3 is 9.53 Å². The standard InChI is InChI=1S/C11H18O3/c1-3-11(8-12)7-5-4-6-10(11)14-9(2)13/h8,10H,3-7H2,1-2H3. The highest BCUT2D eigenvalue weighted by molar-refractivity contribution is 5.68. The molecule has 3 nitrogen and oxygen atoms in total. The fourth-order valence-electron chi connectivity index (χ4n) is 2.23. The van der Waals surface area contributed by atoms with E-state index in [4.69, 9.17) is 4.74 Å². The fraction of sp³-hybridized carbons (Fsp3) is 0.818. The molecule has 3 heteroatoms. The van der Waals surface area contributed by atoms with Crippen molar-refractivity contribution < 1.29 is 14.3 Å². The van der Waals surface area contributed by atoms with Crippen molar-refractivity contribution in [2.75, 3.05) is 0 Å². The zero-order chi connectivity index (χ0) is 10.6. The largest absolute Gasteiger partial charge is 0.462 e. The van der Waals surface area contributed by atoms with Crippen molar-refractivity contribution in [1.82, 2.24) is 0 Å². The van der Waals surface area contributed by atoms with Gasteiger partial charge in [0.2, 0.25) is 0 Å². The van der Waals surface area contributed by atoms with Crippen molar-refractivity contribution in [2.45, 2.75) is 52.1 Å². The maximum absolute atomic E-state index is 11.1. The quantitative estimate of drug-likeness (QED) is 0.515. The summed E-state index contributed by atoms with van der Waals surface area (Å²) in [6, 6.07) is 0. The topological polar surface area (TPSA) is 43.4 Å². The molecule has 0 amide bonds. The molecule has 0 heterocycles. The normalized spacial score (nSPS) is 32.3. The van der Waals surface area contributed by atoms with Gasteiger partial charge in [0.15, 0.2) is 0 Å². The van der Waals surface area contributed by atoms with E-state index in [9.17, 15) is 9.59 Å². The van der Waals surface area contributed by atoms with Gasteiger partial charge in [0.05, 0.1) is 5.41 Å². The smallest absolute Gasteiger partial charge is 0.302 e. The molecule has 0 aromatic rings. The zero-order valence-electron chi connectivity index (χ0n) is 8.91. The summed E-state index contributed by atoms with van der Waals surface area (Å²) in [5.74, 6) is -0.281. The zero-order valence-corrected chi connectivity index (χ0v) is 8.91. The second-order valence-corrected chi connectivity index (χ2v) is 4.05. The summed E-state index contributed by atoms with van der Waals surface area (Å²) < 4.78 is 5.22. The van der Waals surface area contributed by atoms with E-state index in [-0.39, 0.29) is 12.1 Å². The van der Waals surface area contributed by atoms with Crippen LogP contribution in [0.2, 0.25) is 0 Å². The number of hydrogen-bond acceptors (Lipinski definition) is 3. The van der Waals surface area contributed by atoms with Crippen LogP contribution in [0, 0.1) is 5.41 Å². The van der Waals surface area contributed by atoms with Crippen molar-refractivity contribution in [3.05, 3.63) is 0 Å². The summed E-state index contributed by atoms with van der Waals surface area (Å²) in [7, 11) is 0. The lowest BCUT2D eigenvalue weighted by Gasteiger charge is -2.38. The third-order valence-electron chi connectivity index (χ3n) is 3.20. The number of carbonyl (C=O) groups excluding carboxylic acids is 2. The molecule has 0 saturated heterocycles. The first kappa shape index (κ1) is 11.2. The Morgan fingerprint density at radius 2 is 2.29 bits per heavy atom. The van der Waals surface area contributed by atoms with E-state index >= 15 is 0 Å². The van der Waals surface area contributed by atoms with Crippen LogP contribution in [-0.4, -0.2) is 18.4 Å². The molecule has 0 spiro atoms. The molecule has 1 fully saturated rings. The van der Waals surface area contributed by atoms with Gasteiger partial charge in [-0.05, 0) is 25.7 Å². The molecule has 2 atom stereocenters. The fourth-order valence-corrected chi connectivity index (χ4v) is 2.23. The molecule has 0 aromatic carbocycles. The highest BCUT2D eigenvalue weighted by atomic mass is 16.5. The van der Waals surface area contributed by atoms with Crippen LogP contribution in [0.15, 0.2) is 0 Å². The Kier molecular flexibility index (Phi) is 3.67. The first-order valence-electron chi connectivity index (χ1n) is 5.28. The third kappa shape index (κ3) is 2.14. The van der Waals surface area contributed by atoms with Gasteiger partial charge >= 0.3 is 5.97 Å². The molecule has 80 valence electrons. The lowest BCUT2D eigenvalue weighted by molar-refractivity contribution is -0.158. The highest BCUT2D eigenvalue weighted by Gasteiger charge is 2.41. The van der Waals surface area contributed by atoms with Gasteiger partial charge in [-0.2, -0.15) is 0 Å². The monoisotopic (exact) mass is 198 g/mol. The van der Waals surface area contributed by atoms with Crippen molar-refractivity contribution >= 4 is 12.3 Å². The lowest BCUT2D eigenvalue weighted by Crippen LogP contribution is -2.41. The van der Waals surface area contributed by atoms with E-state index in [0.717, 1.165) is 38.4 Å². The van der Waals surface area contributed by atoms with E-state index < -0.39 is 5.41 Å². The Morgan fingerprint density at radius 3 is 2.79 bits per heavy atom. The van der Waals surface area contributed by atoms with E-state index in [2.05, 4.69) is 0 Å².